The van der Waals surface area contributed by atoms with E-state index in [2.05, 4.69) is 11.1 Å². The van der Waals surface area contributed by atoms with E-state index in [0.717, 1.165) is 12.0 Å². The van der Waals surface area contributed by atoms with Crippen molar-refractivity contribution in [1.82, 2.24) is 9.88 Å². The number of benzene rings is 1. The van der Waals surface area contributed by atoms with Crippen LogP contribution < -0.4 is 4.74 Å². The van der Waals surface area contributed by atoms with Gasteiger partial charge in [-0.2, -0.15) is 5.26 Å². The van der Waals surface area contributed by atoms with Gasteiger partial charge in [0.15, 0.2) is 0 Å². The molecule has 0 atom stereocenters. The average Bonchev–Trinajstić information content (AvgIpc) is 2.61. The Hall–Kier alpha value is -2.87. The van der Waals surface area contributed by atoms with Gasteiger partial charge in [0, 0.05) is 25.4 Å². The molecule has 118 valence electrons. The number of aromatic nitrogens is 1. The second-order valence-electron chi connectivity index (χ2n) is 5.12. The van der Waals surface area contributed by atoms with E-state index in [1.54, 1.807) is 29.2 Å². The van der Waals surface area contributed by atoms with Crippen LogP contribution in [0.25, 0.3) is 0 Å². The van der Waals surface area contributed by atoms with Crippen molar-refractivity contribution in [1.29, 1.82) is 5.26 Å². The number of carbonyl (C=O) groups excluding carboxylic acids is 1. The molecule has 0 fully saturated rings. The molecule has 0 saturated carbocycles. The van der Waals surface area contributed by atoms with Crippen LogP contribution in [0.2, 0.25) is 0 Å². The van der Waals surface area contributed by atoms with Crippen molar-refractivity contribution in [2.75, 3.05) is 13.7 Å². The van der Waals surface area contributed by atoms with Gasteiger partial charge >= 0.3 is 0 Å². The van der Waals surface area contributed by atoms with E-state index in [-0.39, 0.29) is 5.91 Å². The number of nitriles is 1. The quantitative estimate of drug-likeness (QED) is 0.822. The summed E-state index contributed by atoms with van der Waals surface area (Å²) in [5.74, 6) is 0.419. The highest BCUT2D eigenvalue weighted by Gasteiger charge is 2.16. The first-order valence-electron chi connectivity index (χ1n) is 7.46. The minimum atomic E-state index is -0.0636. The molecule has 1 heterocycles. The molecule has 0 aliphatic carbocycles. The van der Waals surface area contributed by atoms with Crippen molar-refractivity contribution in [3.63, 3.8) is 0 Å². The minimum Gasteiger partial charge on any atom is -0.481 e. The van der Waals surface area contributed by atoms with Crippen LogP contribution in [0.3, 0.4) is 0 Å². The number of carbonyl (C=O) groups is 1. The van der Waals surface area contributed by atoms with Gasteiger partial charge in [0.25, 0.3) is 5.91 Å². The molecule has 5 nitrogen and oxygen atoms in total. The zero-order valence-electron chi connectivity index (χ0n) is 13.3. The van der Waals surface area contributed by atoms with Gasteiger partial charge in [-0.15, -0.1) is 0 Å². The molecule has 5 heteroatoms. The first-order chi connectivity index (χ1) is 11.2. The third-order valence-electron chi connectivity index (χ3n) is 3.43. The number of ether oxygens (including phenoxy) is 1. The minimum absolute atomic E-state index is 0.0636. The Labute approximate surface area is 136 Å². The molecule has 0 aliphatic rings. The van der Waals surface area contributed by atoms with Crippen LogP contribution in [-0.4, -0.2) is 29.4 Å². The summed E-state index contributed by atoms with van der Waals surface area (Å²) >= 11 is 0. The molecule has 0 N–H and O–H groups in total. The van der Waals surface area contributed by atoms with E-state index in [1.165, 1.54) is 13.3 Å². The summed E-state index contributed by atoms with van der Waals surface area (Å²) in [6.07, 6.45) is 2.40. The third kappa shape index (κ3) is 4.30. The molecule has 0 bridgehead atoms. The summed E-state index contributed by atoms with van der Waals surface area (Å²) in [5.41, 5.74) is 2.14. The summed E-state index contributed by atoms with van der Waals surface area (Å²) in [4.78, 5) is 18.5. The van der Waals surface area contributed by atoms with Gasteiger partial charge in [-0.1, -0.05) is 19.1 Å². The second kappa shape index (κ2) is 7.95. The number of pyridine rings is 1. The van der Waals surface area contributed by atoms with E-state index in [9.17, 15) is 4.79 Å². The van der Waals surface area contributed by atoms with Crippen LogP contribution in [0.4, 0.5) is 0 Å². The Morgan fingerprint density at radius 3 is 2.52 bits per heavy atom. The molecule has 0 saturated heterocycles. The largest absolute Gasteiger partial charge is 0.481 e. The van der Waals surface area contributed by atoms with Gasteiger partial charge in [-0.3, -0.25) is 4.79 Å². The number of hydrogen-bond donors (Lipinski definition) is 0. The zero-order valence-corrected chi connectivity index (χ0v) is 13.3. The van der Waals surface area contributed by atoms with Crippen molar-refractivity contribution < 1.29 is 9.53 Å². The first-order valence-corrected chi connectivity index (χ1v) is 7.46. The monoisotopic (exact) mass is 309 g/mol. The van der Waals surface area contributed by atoms with Gasteiger partial charge in [0.05, 0.1) is 24.3 Å². The molecule has 0 spiro atoms. The lowest BCUT2D eigenvalue weighted by atomic mass is 10.1. The van der Waals surface area contributed by atoms with E-state index < -0.39 is 0 Å². The van der Waals surface area contributed by atoms with Crippen molar-refractivity contribution in [3.8, 4) is 11.9 Å². The van der Waals surface area contributed by atoms with Crippen LogP contribution >= 0.6 is 0 Å². The molecular formula is C18H19N3O2. The molecule has 1 aromatic carbocycles. The summed E-state index contributed by atoms with van der Waals surface area (Å²) in [6, 6.07) is 12.8. The van der Waals surface area contributed by atoms with Crippen LogP contribution in [0.1, 0.15) is 34.8 Å². The standard InChI is InChI=1S/C18H19N3O2/c1-3-10-21(13-15-6-4-14(11-19)5-7-15)18(22)16-8-9-17(23-2)20-12-16/h4-9,12H,3,10,13H2,1-2H3. The van der Waals surface area contributed by atoms with E-state index in [1.807, 2.05) is 19.1 Å². The molecule has 1 aromatic heterocycles. The van der Waals surface area contributed by atoms with Gasteiger partial charge in [-0.25, -0.2) is 4.98 Å². The Morgan fingerprint density at radius 1 is 1.26 bits per heavy atom. The molecule has 0 unspecified atom stereocenters. The van der Waals surface area contributed by atoms with Crippen molar-refractivity contribution in [3.05, 3.63) is 59.3 Å². The number of amides is 1. The number of methoxy groups -OCH3 is 1. The molecule has 0 radical (unpaired) electrons. The van der Waals surface area contributed by atoms with E-state index >= 15 is 0 Å². The fourth-order valence-corrected chi connectivity index (χ4v) is 2.24. The van der Waals surface area contributed by atoms with Gasteiger partial charge < -0.3 is 9.64 Å². The Morgan fingerprint density at radius 2 is 2.00 bits per heavy atom. The lowest BCUT2D eigenvalue weighted by molar-refractivity contribution is 0.0742. The number of hydrogen-bond acceptors (Lipinski definition) is 4. The number of nitrogens with zero attached hydrogens (tertiary/aromatic N) is 3. The van der Waals surface area contributed by atoms with Crippen LogP contribution in [0.15, 0.2) is 42.6 Å². The fourth-order valence-electron chi connectivity index (χ4n) is 2.24. The average molecular weight is 309 g/mol. The smallest absolute Gasteiger partial charge is 0.255 e. The maximum atomic E-state index is 12.7. The highest BCUT2D eigenvalue weighted by molar-refractivity contribution is 5.93. The van der Waals surface area contributed by atoms with Crippen LogP contribution in [0.5, 0.6) is 5.88 Å². The summed E-state index contributed by atoms with van der Waals surface area (Å²) in [6.45, 7) is 3.20. The van der Waals surface area contributed by atoms with Gasteiger partial charge in [0.1, 0.15) is 0 Å². The highest BCUT2D eigenvalue weighted by Crippen LogP contribution is 2.13. The fraction of sp³-hybridized carbons (Fsp3) is 0.278. The predicted octanol–water partition coefficient (Wildman–Crippen LogP) is 3.01. The molecular weight excluding hydrogens is 290 g/mol. The summed E-state index contributed by atoms with van der Waals surface area (Å²) < 4.78 is 5.01. The van der Waals surface area contributed by atoms with Crippen molar-refractivity contribution in [2.24, 2.45) is 0 Å². The number of rotatable bonds is 6. The Bertz CT molecular complexity index is 688. The van der Waals surface area contributed by atoms with Crippen LogP contribution in [-0.2, 0) is 6.54 Å². The topological polar surface area (TPSA) is 66.2 Å². The molecule has 2 rings (SSSR count). The maximum Gasteiger partial charge on any atom is 0.255 e. The molecule has 2 aromatic rings. The lowest BCUT2D eigenvalue weighted by Crippen LogP contribution is -2.31. The van der Waals surface area contributed by atoms with Gasteiger partial charge in [0.2, 0.25) is 5.88 Å². The summed E-state index contributed by atoms with van der Waals surface area (Å²) in [5, 5.41) is 8.84. The predicted molar refractivity (Wildman–Crippen MR) is 87.0 cm³/mol. The first kappa shape index (κ1) is 16.5. The Kier molecular flexibility index (Phi) is 5.70. The van der Waals surface area contributed by atoms with E-state index in [4.69, 9.17) is 10.00 Å². The Balaban J connectivity index is 2.15. The van der Waals surface area contributed by atoms with Crippen molar-refractivity contribution >= 4 is 5.91 Å². The second-order valence-corrected chi connectivity index (χ2v) is 5.12. The van der Waals surface area contributed by atoms with E-state index in [0.29, 0.717) is 30.1 Å². The normalized spacial score (nSPS) is 9.96. The lowest BCUT2D eigenvalue weighted by Gasteiger charge is -2.22. The summed E-state index contributed by atoms with van der Waals surface area (Å²) in [7, 11) is 1.54. The van der Waals surface area contributed by atoms with Gasteiger partial charge in [-0.05, 0) is 30.2 Å². The highest BCUT2D eigenvalue weighted by atomic mass is 16.5. The van der Waals surface area contributed by atoms with Crippen LogP contribution in [0, 0.1) is 11.3 Å². The third-order valence-corrected chi connectivity index (χ3v) is 3.43. The molecule has 1 amide bonds. The molecule has 0 aliphatic heterocycles. The van der Waals surface area contributed by atoms with Crippen molar-refractivity contribution in [2.45, 2.75) is 19.9 Å². The maximum absolute atomic E-state index is 12.7. The SMILES string of the molecule is CCCN(Cc1ccc(C#N)cc1)C(=O)c1ccc(OC)nc1. The zero-order chi connectivity index (χ0) is 16.7. The molecule has 23 heavy (non-hydrogen) atoms.